The number of nitrogens with zero attached hydrogens (tertiary/aromatic N) is 2. The molecule has 1 heterocycles. The van der Waals surface area contributed by atoms with Gasteiger partial charge in [0.25, 0.3) is 0 Å². The minimum absolute atomic E-state index is 0.102. The predicted molar refractivity (Wildman–Crippen MR) is 73.9 cm³/mol. The molecule has 0 aliphatic rings. The molecule has 0 aliphatic carbocycles. The van der Waals surface area contributed by atoms with Gasteiger partial charge in [0, 0.05) is 11.9 Å². The third-order valence-electron chi connectivity index (χ3n) is 2.76. The zero-order valence-electron chi connectivity index (χ0n) is 11.1. The summed E-state index contributed by atoms with van der Waals surface area (Å²) >= 11 is 0. The molecule has 0 saturated carbocycles. The van der Waals surface area contributed by atoms with Crippen molar-refractivity contribution in [1.82, 2.24) is 15.1 Å². The first-order valence-corrected chi connectivity index (χ1v) is 6.29. The molecule has 2 rings (SSSR count). The largest absolute Gasteiger partial charge is 0.354 e. The minimum atomic E-state index is -0.130. The number of rotatable bonds is 4. The van der Waals surface area contributed by atoms with Crippen LogP contribution < -0.4 is 10.7 Å². The maximum Gasteiger partial charge on any atom is 0.241 e. The number of benzene rings is 1. The third kappa shape index (κ3) is 3.19. The Morgan fingerprint density at radius 1 is 1.37 bits per heavy atom. The molecule has 0 aliphatic heterocycles. The molecule has 0 atom stereocenters. The molecule has 1 aromatic heterocycles. The molecule has 2 aromatic rings. The molecule has 1 N–H and O–H groups in total. The number of fused-ring (bicyclic) bond motifs is 1. The Morgan fingerprint density at radius 2 is 2.11 bits per heavy atom. The van der Waals surface area contributed by atoms with Crippen LogP contribution in [0.25, 0.3) is 10.9 Å². The predicted octanol–water partition coefficient (Wildman–Crippen LogP) is 1.17. The Kier molecular flexibility index (Phi) is 3.94. The summed E-state index contributed by atoms with van der Waals surface area (Å²) in [6.07, 6.45) is 1.25. The van der Waals surface area contributed by atoms with Crippen LogP contribution in [0.5, 0.6) is 0 Å². The van der Waals surface area contributed by atoms with E-state index < -0.39 is 0 Å². The highest BCUT2D eigenvalue weighted by molar-refractivity contribution is 5.81. The molecule has 19 heavy (non-hydrogen) atoms. The van der Waals surface area contributed by atoms with Crippen molar-refractivity contribution in [2.75, 3.05) is 6.54 Å². The van der Waals surface area contributed by atoms with E-state index in [-0.39, 0.29) is 17.9 Å². The number of carbonyl (C=O) groups excluding carboxylic acids is 1. The van der Waals surface area contributed by atoms with Crippen LogP contribution in [-0.4, -0.2) is 22.2 Å². The van der Waals surface area contributed by atoms with Crippen molar-refractivity contribution in [2.45, 2.75) is 20.4 Å². The average Bonchev–Trinajstić information content (AvgIpc) is 2.40. The monoisotopic (exact) mass is 259 g/mol. The van der Waals surface area contributed by atoms with Gasteiger partial charge < -0.3 is 5.32 Å². The molecule has 1 amide bonds. The third-order valence-corrected chi connectivity index (χ3v) is 2.76. The molecule has 0 spiro atoms. The Balaban J connectivity index is 2.24. The zero-order chi connectivity index (χ0) is 13.8. The quantitative estimate of drug-likeness (QED) is 0.896. The fourth-order valence-electron chi connectivity index (χ4n) is 1.80. The van der Waals surface area contributed by atoms with E-state index in [0.717, 1.165) is 0 Å². The standard InChI is InChI=1S/C14H17N3O2/c1-10(2)7-15-14(19)9-17-12-6-4-3-5-11(12)13(18)8-16-17/h3-6,8,10H,7,9H2,1-2H3,(H,15,19). The van der Waals surface area contributed by atoms with Crippen molar-refractivity contribution in [3.63, 3.8) is 0 Å². The maximum absolute atomic E-state index is 11.8. The van der Waals surface area contributed by atoms with Gasteiger partial charge >= 0.3 is 0 Å². The van der Waals surface area contributed by atoms with E-state index in [1.165, 1.54) is 6.20 Å². The van der Waals surface area contributed by atoms with Gasteiger partial charge in [-0.15, -0.1) is 0 Å². The number of aromatic nitrogens is 2. The Labute approximate surface area is 111 Å². The molecule has 1 aromatic carbocycles. The van der Waals surface area contributed by atoms with Gasteiger partial charge in [-0.2, -0.15) is 5.10 Å². The van der Waals surface area contributed by atoms with Gasteiger partial charge in [0.2, 0.25) is 11.3 Å². The van der Waals surface area contributed by atoms with Crippen LogP contribution in [-0.2, 0) is 11.3 Å². The van der Waals surface area contributed by atoms with E-state index in [9.17, 15) is 9.59 Å². The van der Waals surface area contributed by atoms with Gasteiger partial charge in [-0.1, -0.05) is 26.0 Å². The molecular formula is C14H17N3O2. The van der Waals surface area contributed by atoms with Crippen LogP contribution in [0, 0.1) is 5.92 Å². The van der Waals surface area contributed by atoms with Gasteiger partial charge in [-0.05, 0) is 18.1 Å². The average molecular weight is 259 g/mol. The Hall–Kier alpha value is -2.17. The molecule has 0 saturated heterocycles. The number of hydrogen-bond donors (Lipinski definition) is 1. The second-order valence-electron chi connectivity index (χ2n) is 4.88. The van der Waals surface area contributed by atoms with E-state index in [2.05, 4.69) is 10.4 Å². The van der Waals surface area contributed by atoms with Crippen LogP contribution >= 0.6 is 0 Å². The minimum Gasteiger partial charge on any atom is -0.354 e. The zero-order valence-corrected chi connectivity index (χ0v) is 11.1. The SMILES string of the molecule is CC(C)CNC(=O)Cn1ncc(=O)c2ccccc21. The summed E-state index contributed by atoms with van der Waals surface area (Å²) in [6, 6.07) is 7.15. The lowest BCUT2D eigenvalue weighted by Crippen LogP contribution is -2.31. The summed E-state index contributed by atoms with van der Waals surface area (Å²) in [5.74, 6) is 0.303. The van der Waals surface area contributed by atoms with Crippen molar-refractivity contribution < 1.29 is 4.79 Å². The topological polar surface area (TPSA) is 64.0 Å². The van der Waals surface area contributed by atoms with E-state index >= 15 is 0 Å². The maximum atomic E-state index is 11.8. The van der Waals surface area contributed by atoms with E-state index in [4.69, 9.17) is 0 Å². The van der Waals surface area contributed by atoms with Crippen LogP contribution in [0.1, 0.15) is 13.8 Å². The van der Waals surface area contributed by atoms with Crippen molar-refractivity contribution >= 4 is 16.8 Å². The van der Waals surface area contributed by atoms with E-state index in [0.29, 0.717) is 23.4 Å². The summed E-state index contributed by atoms with van der Waals surface area (Å²) in [5, 5.41) is 7.43. The first kappa shape index (κ1) is 13.3. The molecule has 5 nitrogen and oxygen atoms in total. The highest BCUT2D eigenvalue weighted by Crippen LogP contribution is 2.07. The molecule has 0 radical (unpaired) electrons. The summed E-state index contributed by atoms with van der Waals surface area (Å²) in [7, 11) is 0. The molecule has 0 bridgehead atoms. The Bertz CT molecular complexity index is 646. The number of carbonyl (C=O) groups is 1. The van der Waals surface area contributed by atoms with Gasteiger partial charge in [-0.3, -0.25) is 14.3 Å². The lowest BCUT2D eigenvalue weighted by molar-refractivity contribution is -0.121. The van der Waals surface area contributed by atoms with Crippen LogP contribution in [0.2, 0.25) is 0 Å². The van der Waals surface area contributed by atoms with E-state index in [1.807, 2.05) is 19.9 Å². The van der Waals surface area contributed by atoms with Crippen LogP contribution in [0.3, 0.4) is 0 Å². The smallest absolute Gasteiger partial charge is 0.241 e. The normalized spacial score (nSPS) is 10.9. The van der Waals surface area contributed by atoms with Crippen molar-refractivity contribution in [3.05, 3.63) is 40.7 Å². The second kappa shape index (κ2) is 5.65. The first-order valence-electron chi connectivity index (χ1n) is 6.29. The summed E-state index contributed by atoms with van der Waals surface area (Å²) in [4.78, 5) is 23.5. The van der Waals surface area contributed by atoms with Crippen molar-refractivity contribution in [1.29, 1.82) is 0 Å². The summed E-state index contributed by atoms with van der Waals surface area (Å²) < 4.78 is 1.55. The van der Waals surface area contributed by atoms with Gasteiger partial charge in [0.05, 0.1) is 11.7 Å². The molecule has 100 valence electrons. The van der Waals surface area contributed by atoms with Gasteiger partial charge in [0.1, 0.15) is 6.54 Å². The highest BCUT2D eigenvalue weighted by Gasteiger charge is 2.07. The molecule has 0 fully saturated rings. The summed E-state index contributed by atoms with van der Waals surface area (Å²) in [6.45, 7) is 4.82. The number of para-hydroxylation sites is 1. The van der Waals surface area contributed by atoms with Crippen LogP contribution in [0.4, 0.5) is 0 Å². The lowest BCUT2D eigenvalue weighted by Gasteiger charge is -2.10. The second-order valence-corrected chi connectivity index (χ2v) is 4.88. The molecule has 0 unspecified atom stereocenters. The van der Waals surface area contributed by atoms with E-state index in [1.54, 1.807) is 22.9 Å². The fraction of sp³-hybridized carbons (Fsp3) is 0.357. The molecule has 5 heteroatoms. The number of amides is 1. The first-order chi connectivity index (χ1) is 9.08. The van der Waals surface area contributed by atoms with Crippen molar-refractivity contribution in [3.8, 4) is 0 Å². The fourth-order valence-corrected chi connectivity index (χ4v) is 1.80. The summed E-state index contributed by atoms with van der Waals surface area (Å²) in [5.41, 5.74) is 0.545. The number of hydrogen-bond acceptors (Lipinski definition) is 3. The van der Waals surface area contributed by atoms with Gasteiger partial charge in [-0.25, -0.2) is 0 Å². The number of nitrogens with one attached hydrogen (secondary N) is 1. The van der Waals surface area contributed by atoms with Crippen LogP contribution in [0.15, 0.2) is 35.3 Å². The lowest BCUT2D eigenvalue weighted by atomic mass is 10.2. The van der Waals surface area contributed by atoms with Crippen molar-refractivity contribution in [2.24, 2.45) is 5.92 Å². The molecular weight excluding hydrogens is 242 g/mol. The Morgan fingerprint density at radius 3 is 2.84 bits per heavy atom. The van der Waals surface area contributed by atoms with Gasteiger partial charge in [0.15, 0.2) is 0 Å². The highest BCUT2D eigenvalue weighted by atomic mass is 16.2.